The van der Waals surface area contributed by atoms with Crippen molar-refractivity contribution >= 4 is 21.6 Å². The lowest BCUT2D eigenvalue weighted by molar-refractivity contribution is -0.117. The van der Waals surface area contributed by atoms with E-state index in [1.807, 2.05) is 0 Å². The van der Waals surface area contributed by atoms with Gasteiger partial charge in [0.25, 0.3) is 0 Å². The fourth-order valence-corrected chi connectivity index (χ4v) is 6.16. The summed E-state index contributed by atoms with van der Waals surface area (Å²) in [5.41, 5.74) is 0.528. The molecule has 3 heterocycles. The molecule has 31 heavy (non-hydrogen) atoms. The second-order valence-electron chi connectivity index (χ2n) is 8.75. The second-order valence-corrected chi connectivity index (χ2v) is 10.7. The molecule has 3 fully saturated rings. The Hall–Kier alpha value is -1.52. The van der Waals surface area contributed by atoms with E-state index in [2.05, 4.69) is 15.1 Å². The number of carbonyl (C=O) groups excluding carboxylic acids is 1. The molecule has 0 aromatic heterocycles. The van der Waals surface area contributed by atoms with Crippen LogP contribution in [0.3, 0.4) is 0 Å². The third kappa shape index (κ3) is 6.04. The molecule has 9 heteroatoms. The predicted molar refractivity (Wildman–Crippen MR) is 120 cm³/mol. The van der Waals surface area contributed by atoms with Crippen LogP contribution in [0.15, 0.2) is 29.2 Å². The number of nitrogens with zero attached hydrogens (tertiary/aromatic N) is 3. The third-order valence-electron chi connectivity index (χ3n) is 6.39. The van der Waals surface area contributed by atoms with Gasteiger partial charge in [0.2, 0.25) is 15.9 Å². The van der Waals surface area contributed by atoms with Crippen molar-refractivity contribution in [3.05, 3.63) is 24.3 Å². The highest BCUT2D eigenvalue weighted by Gasteiger charge is 2.27. The Kier molecular flexibility index (Phi) is 7.60. The van der Waals surface area contributed by atoms with Crippen molar-refractivity contribution in [1.82, 2.24) is 14.1 Å². The lowest BCUT2D eigenvalue weighted by Gasteiger charge is -2.35. The molecule has 1 atom stereocenters. The van der Waals surface area contributed by atoms with E-state index in [1.165, 1.54) is 0 Å². The maximum Gasteiger partial charge on any atom is 0.243 e. The summed E-state index contributed by atoms with van der Waals surface area (Å²) in [6, 6.07) is 6.61. The summed E-state index contributed by atoms with van der Waals surface area (Å²) in [5, 5.41) is 2.88. The Labute approximate surface area is 185 Å². The first-order valence-corrected chi connectivity index (χ1v) is 12.9. The van der Waals surface area contributed by atoms with E-state index in [4.69, 9.17) is 4.74 Å². The zero-order chi connectivity index (χ0) is 21.7. The fraction of sp³-hybridized carbons (Fsp3) is 0.682. The van der Waals surface area contributed by atoms with Crippen LogP contribution in [-0.4, -0.2) is 93.5 Å². The number of piperidine rings is 1. The topological polar surface area (TPSA) is 82.2 Å². The number of rotatable bonds is 7. The molecular weight excluding hydrogens is 416 g/mol. The van der Waals surface area contributed by atoms with Gasteiger partial charge >= 0.3 is 0 Å². The van der Waals surface area contributed by atoms with Gasteiger partial charge in [0.05, 0.1) is 17.5 Å². The molecule has 0 spiro atoms. The van der Waals surface area contributed by atoms with Gasteiger partial charge in [0.15, 0.2) is 0 Å². The number of hydrogen-bond donors (Lipinski definition) is 1. The van der Waals surface area contributed by atoms with Crippen molar-refractivity contribution in [3.63, 3.8) is 0 Å². The summed E-state index contributed by atoms with van der Waals surface area (Å²) < 4.78 is 33.0. The molecule has 0 saturated carbocycles. The fourth-order valence-electron chi connectivity index (χ4n) is 4.60. The Bertz CT molecular complexity index is 843. The highest BCUT2D eigenvalue weighted by Crippen LogP contribution is 2.23. The van der Waals surface area contributed by atoms with Crippen LogP contribution >= 0.6 is 0 Å². The molecule has 1 unspecified atom stereocenters. The Balaban J connectivity index is 1.27. The number of amides is 1. The van der Waals surface area contributed by atoms with Gasteiger partial charge in [-0.05, 0) is 43.9 Å². The normalized spacial score (nSPS) is 24.3. The quantitative estimate of drug-likeness (QED) is 0.680. The molecule has 0 radical (unpaired) electrons. The van der Waals surface area contributed by atoms with Crippen LogP contribution in [0.4, 0.5) is 5.69 Å². The minimum absolute atomic E-state index is 0.111. The first-order valence-electron chi connectivity index (χ1n) is 11.5. The molecule has 1 amide bonds. The Morgan fingerprint density at radius 1 is 1.00 bits per heavy atom. The van der Waals surface area contributed by atoms with E-state index in [0.29, 0.717) is 31.4 Å². The van der Waals surface area contributed by atoms with Crippen LogP contribution < -0.4 is 5.32 Å². The summed E-state index contributed by atoms with van der Waals surface area (Å²) >= 11 is 0. The predicted octanol–water partition coefficient (Wildman–Crippen LogP) is 1.60. The van der Waals surface area contributed by atoms with Gasteiger partial charge in [0.1, 0.15) is 0 Å². The number of hydrogen-bond acceptors (Lipinski definition) is 6. The Morgan fingerprint density at radius 3 is 2.45 bits per heavy atom. The maximum atomic E-state index is 12.9. The molecule has 0 bridgehead atoms. The van der Waals surface area contributed by atoms with E-state index in [-0.39, 0.29) is 10.8 Å². The van der Waals surface area contributed by atoms with E-state index >= 15 is 0 Å². The molecule has 3 saturated heterocycles. The van der Waals surface area contributed by atoms with Crippen molar-refractivity contribution in [2.45, 2.75) is 43.1 Å². The molecule has 0 aliphatic carbocycles. The van der Waals surface area contributed by atoms with Crippen molar-refractivity contribution in [3.8, 4) is 0 Å². The van der Waals surface area contributed by atoms with Crippen molar-refractivity contribution in [2.75, 3.05) is 64.3 Å². The highest BCUT2D eigenvalue weighted by atomic mass is 32.2. The van der Waals surface area contributed by atoms with E-state index in [9.17, 15) is 13.2 Å². The molecule has 4 rings (SSSR count). The molecule has 8 nitrogen and oxygen atoms in total. The number of benzene rings is 1. The van der Waals surface area contributed by atoms with Gasteiger partial charge in [0, 0.05) is 58.1 Å². The minimum Gasteiger partial charge on any atom is -0.377 e. The summed E-state index contributed by atoms with van der Waals surface area (Å²) in [5.74, 6) is -0.111. The van der Waals surface area contributed by atoms with E-state index in [1.54, 1.807) is 28.6 Å². The molecule has 1 aromatic carbocycles. The third-order valence-corrected chi connectivity index (χ3v) is 8.28. The molecule has 3 aliphatic rings. The number of carbonyl (C=O) groups is 1. The van der Waals surface area contributed by atoms with Gasteiger partial charge in [-0.2, -0.15) is 4.31 Å². The number of nitrogens with one attached hydrogen (secondary N) is 1. The van der Waals surface area contributed by atoms with Crippen molar-refractivity contribution in [1.29, 1.82) is 0 Å². The monoisotopic (exact) mass is 450 g/mol. The zero-order valence-electron chi connectivity index (χ0n) is 18.2. The van der Waals surface area contributed by atoms with Crippen LogP contribution in [0.25, 0.3) is 0 Å². The van der Waals surface area contributed by atoms with E-state index in [0.717, 1.165) is 71.4 Å². The summed E-state index contributed by atoms with van der Waals surface area (Å²) in [6.07, 6.45) is 5.54. The van der Waals surface area contributed by atoms with Gasteiger partial charge in [-0.25, -0.2) is 8.42 Å². The van der Waals surface area contributed by atoms with Crippen LogP contribution in [0.1, 0.15) is 32.1 Å². The first-order chi connectivity index (χ1) is 15.0. The number of sulfonamides is 1. The smallest absolute Gasteiger partial charge is 0.243 e. The zero-order valence-corrected chi connectivity index (χ0v) is 19.0. The summed E-state index contributed by atoms with van der Waals surface area (Å²) in [6.45, 7) is 6.90. The molecule has 3 aliphatic heterocycles. The van der Waals surface area contributed by atoms with E-state index < -0.39 is 10.0 Å². The lowest BCUT2D eigenvalue weighted by atomic mass is 10.2. The SMILES string of the molecule is O=C(CN1CCN(CC2CCCO2)CC1)Nc1cccc(S(=O)(=O)N2CCCCC2)c1. The highest BCUT2D eigenvalue weighted by molar-refractivity contribution is 7.89. The van der Waals surface area contributed by atoms with Crippen LogP contribution in [0.2, 0.25) is 0 Å². The first kappa shape index (κ1) is 22.7. The average Bonchev–Trinajstić information content (AvgIpc) is 3.29. The Morgan fingerprint density at radius 2 is 1.74 bits per heavy atom. The second kappa shape index (κ2) is 10.4. The van der Waals surface area contributed by atoms with Crippen molar-refractivity contribution in [2.24, 2.45) is 0 Å². The molecule has 1 aromatic rings. The summed E-state index contributed by atoms with van der Waals surface area (Å²) in [4.78, 5) is 17.4. The van der Waals surface area contributed by atoms with Crippen LogP contribution in [0.5, 0.6) is 0 Å². The number of anilines is 1. The van der Waals surface area contributed by atoms with Crippen LogP contribution in [-0.2, 0) is 19.6 Å². The average molecular weight is 451 g/mol. The maximum absolute atomic E-state index is 12.9. The number of ether oxygens (including phenoxy) is 1. The largest absolute Gasteiger partial charge is 0.377 e. The number of piperazine rings is 1. The van der Waals surface area contributed by atoms with Gasteiger partial charge in [-0.1, -0.05) is 12.5 Å². The molecule has 1 N–H and O–H groups in total. The van der Waals surface area contributed by atoms with Crippen molar-refractivity contribution < 1.29 is 17.9 Å². The van der Waals surface area contributed by atoms with Crippen LogP contribution in [0, 0.1) is 0 Å². The standard InChI is InChI=1S/C22H34N4O4S/c27-22(18-25-13-11-24(12-14-25)17-20-7-5-15-30-20)23-19-6-4-8-21(16-19)31(28,29)26-9-2-1-3-10-26/h4,6,8,16,20H,1-3,5,7,9-15,17-18H2,(H,23,27). The van der Waals surface area contributed by atoms with Gasteiger partial charge in [-0.3, -0.25) is 14.6 Å². The molecule has 172 valence electrons. The minimum atomic E-state index is -3.51. The summed E-state index contributed by atoms with van der Waals surface area (Å²) in [7, 11) is -3.51. The van der Waals surface area contributed by atoms with Gasteiger partial charge < -0.3 is 10.1 Å². The lowest BCUT2D eigenvalue weighted by Crippen LogP contribution is -2.50. The van der Waals surface area contributed by atoms with Gasteiger partial charge in [-0.15, -0.1) is 0 Å². The molecular formula is C22H34N4O4S.